The number of nitrogens with zero attached hydrogens (tertiary/aromatic N) is 1. The molecule has 1 N–H and O–H groups in total. The van der Waals surface area contributed by atoms with E-state index in [2.05, 4.69) is 49.3 Å². The van der Waals surface area contributed by atoms with Crippen molar-refractivity contribution >= 4 is 17.4 Å². The van der Waals surface area contributed by atoms with E-state index in [0.29, 0.717) is 0 Å². The zero-order chi connectivity index (χ0) is 12.6. The second kappa shape index (κ2) is 3.99. The molecule has 3 nitrogen and oxygen atoms in total. The van der Waals surface area contributed by atoms with Crippen LogP contribution in [0.15, 0.2) is 23.2 Å². The van der Waals surface area contributed by atoms with Crippen LogP contribution in [0.5, 0.6) is 0 Å². The number of nitrogens with one attached hydrogen (secondary N) is 1. The van der Waals surface area contributed by atoms with Crippen LogP contribution in [0.2, 0.25) is 0 Å². The Kier molecular flexibility index (Phi) is 2.77. The van der Waals surface area contributed by atoms with E-state index in [1.54, 1.807) is 0 Å². The van der Waals surface area contributed by atoms with E-state index in [1.165, 1.54) is 18.1 Å². The highest BCUT2D eigenvalue weighted by atomic mass is 16.1. The molecule has 1 aromatic rings. The van der Waals surface area contributed by atoms with Gasteiger partial charge >= 0.3 is 0 Å². The van der Waals surface area contributed by atoms with Crippen LogP contribution in [0.3, 0.4) is 0 Å². The summed E-state index contributed by atoms with van der Waals surface area (Å²) in [5.41, 5.74) is 3.56. The van der Waals surface area contributed by atoms with Gasteiger partial charge in [-0.05, 0) is 22.6 Å². The zero-order valence-electron chi connectivity index (χ0n) is 10.8. The normalized spacial score (nSPS) is 14.2. The van der Waals surface area contributed by atoms with Gasteiger partial charge in [-0.25, -0.2) is 4.99 Å². The van der Waals surface area contributed by atoms with Gasteiger partial charge in [0.1, 0.15) is 5.84 Å². The predicted molar refractivity (Wildman–Crippen MR) is 69.8 cm³/mol. The Hall–Kier alpha value is -1.64. The maximum absolute atomic E-state index is 11.0. The summed E-state index contributed by atoms with van der Waals surface area (Å²) >= 11 is 0. The monoisotopic (exact) mass is 230 g/mol. The van der Waals surface area contributed by atoms with E-state index < -0.39 is 0 Å². The molecule has 0 spiro atoms. The minimum Gasteiger partial charge on any atom is -0.314 e. The maximum atomic E-state index is 11.0. The Morgan fingerprint density at radius 1 is 1.35 bits per heavy atom. The number of fused-ring (bicyclic) bond motifs is 1. The van der Waals surface area contributed by atoms with Gasteiger partial charge in [-0.15, -0.1) is 0 Å². The van der Waals surface area contributed by atoms with Gasteiger partial charge in [0.15, 0.2) is 0 Å². The number of aliphatic imine (C=N–C) groups is 1. The Labute approximate surface area is 102 Å². The fraction of sp³-hybridized carbons (Fsp3) is 0.429. The minimum atomic E-state index is -0.0624. The van der Waals surface area contributed by atoms with E-state index in [4.69, 9.17) is 0 Å². The third-order valence-electron chi connectivity index (χ3n) is 2.88. The lowest BCUT2D eigenvalue weighted by Crippen LogP contribution is -2.27. The molecule has 1 heterocycles. The van der Waals surface area contributed by atoms with Crippen molar-refractivity contribution in [2.75, 3.05) is 0 Å². The first-order valence-corrected chi connectivity index (χ1v) is 5.85. The molecule has 0 aliphatic carbocycles. The molecule has 1 aliphatic rings. The quantitative estimate of drug-likeness (QED) is 0.731. The average Bonchev–Trinajstić information content (AvgIpc) is 2.55. The third-order valence-corrected chi connectivity index (χ3v) is 2.88. The molecule has 1 aromatic carbocycles. The average molecular weight is 230 g/mol. The summed E-state index contributed by atoms with van der Waals surface area (Å²) in [6.07, 6.45) is 0.722. The van der Waals surface area contributed by atoms with Gasteiger partial charge in [-0.2, -0.15) is 0 Å². The van der Waals surface area contributed by atoms with Gasteiger partial charge in [0.2, 0.25) is 5.91 Å². The number of rotatable bonds is 0. The molecule has 90 valence electrons. The molecular formula is C14H18N2O. The summed E-state index contributed by atoms with van der Waals surface area (Å²) < 4.78 is 0. The van der Waals surface area contributed by atoms with E-state index in [1.807, 2.05) is 0 Å². The summed E-state index contributed by atoms with van der Waals surface area (Å²) in [6, 6.07) is 6.36. The number of benzene rings is 1. The van der Waals surface area contributed by atoms with Crippen LogP contribution < -0.4 is 5.32 Å². The van der Waals surface area contributed by atoms with E-state index in [0.717, 1.165) is 17.9 Å². The highest BCUT2D eigenvalue weighted by Gasteiger charge is 2.19. The molecule has 0 saturated heterocycles. The van der Waals surface area contributed by atoms with E-state index in [-0.39, 0.29) is 11.3 Å². The summed E-state index contributed by atoms with van der Waals surface area (Å²) in [4.78, 5) is 15.4. The second-order valence-corrected chi connectivity index (χ2v) is 5.51. The Morgan fingerprint density at radius 2 is 2.06 bits per heavy atom. The molecule has 17 heavy (non-hydrogen) atoms. The number of hydrogen-bond acceptors (Lipinski definition) is 2. The van der Waals surface area contributed by atoms with Crippen molar-refractivity contribution in [3.05, 3.63) is 29.3 Å². The summed E-state index contributed by atoms with van der Waals surface area (Å²) in [6.45, 7) is 8.05. The maximum Gasteiger partial charge on any atom is 0.222 e. The topological polar surface area (TPSA) is 41.5 Å². The molecule has 0 fully saturated rings. The molecule has 2 rings (SSSR count). The van der Waals surface area contributed by atoms with Gasteiger partial charge in [-0.3, -0.25) is 4.79 Å². The molecule has 0 radical (unpaired) electrons. The zero-order valence-corrected chi connectivity index (χ0v) is 10.8. The number of hydrogen-bond donors (Lipinski definition) is 1. The van der Waals surface area contributed by atoms with Crippen LogP contribution in [0.4, 0.5) is 5.69 Å². The van der Waals surface area contributed by atoms with Gasteiger partial charge in [0.05, 0.1) is 5.69 Å². The number of carbonyl (C=O) groups excluding carboxylic acids is 1. The lowest BCUT2D eigenvalue weighted by Gasteiger charge is -2.19. The summed E-state index contributed by atoms with van der Waals surface area (Å²) in [5, 5.41) is 2.76. The van der Waals surface area contributed by atoms with Crippen molar-refractivity contribution < 1.29 is 4.79 Å². The molecule has 0 unspecified atom stereocenters. The van der Waals surface area contributed by atoms with Crippen molar-refractivity contribution in [1.82, 2.24) is 5.32 Å². The van der Waals surface area contributed by atoms with Crippen LogP contribution in [0.1, 0.15) is 38.8 Å². The summed E-state index contributed by atoms with van der Waals surface area (Å²) in [7, 11) is 0. The van der Waals surface area contributed by atoms with Crippen molar-refractivity contribution in [3.8, 4) is 0 Å². The van der Waals surface area contributed by atoms with Gasteiger partial charge in [0, 0.05) is 13.3 Å². The van der Waals surface area contributed by atoms with Gasteiger partial charge in [0.25, 0.3) is 0 Å². The van der Waals surface area contributed by atoms with E-state index >= 15 is 0 Å². The minimum absolute atomic E-state index is 0.0624. The molecule has 0 atom stereocenters. The van der Waals surface area contributed by atoms with E-state index in [9.17, 15) is 4.79 Å². The highest BCUT2D eigenvalue weighted by molar-refractivity contribution is 6.02. The lowest BCUT2D eigenvalue weighted by molar-refractivity contribution is -0.117. The second-order valence-electron chi connectivity index (χ2n) is 5.51. The van der Waals surface area contributed by atoms with Crippen LogP contribution in [0, 0.1) is 0 Å². The molecule has 0 aromatic heterocycles. The number of amidine groups is 1. The Bertz CT molecular complexity index is 495. The van der Waals surface area contributed by atoms with Crippen LogP contribution in [-0.4, -0.2) is 11.7 Å². The van der Waals surface area contributed by atoms with Crippen LogP contribution in [-0.2, 0) is 16.6 Å². The number of amides is 1. The van der Waals surface area contributed by atoms with Crippen molar-refractivity contribution in [2.24, 2.45) is 4.99 Å². The smallest absolute Gasteiger partial charge is 0.222 e. The van der Waals surface area contributed by atoms with Crippen molar-refractivity contribution in [3.63, 3.8) is 0 Å². The first kappa shape index (κ1) is 11.8. The number of carbonyl (C=O) groups is 1. The Balaban J connectivity index is 2.30. The highest BCUT2D eigenvalue weighted by Crippen LogP contribution is 2.32. The standard InChI is InChI=1S/C14H18N2O/c1-9(17)15-13-7-10-5-6-11(14(2,3)4)8-12(10)16-13/h5-6,8H,7H2,1-4H3,(H,15,16,17). The SMILES string of the molecule is CC(=O)NC1=Nc2cc(C(C)(C)C)ccc2C1. The first-order valence-electron chi connectivity index (χ1n) is 5.85. The van der Waals surface area contributed by atoms with Crippen LogP contribution in [0.25, 0.3) is 0 Å². The van der Waals surface area contributed by atoms with Gasteiger partial charge in [-0.1, -0.05) is 32.9 Å². The Morgan fingerprint density at radius 3 is 2.65 bits per heavy atom. The fourth-order valence-electron chi connectivity index (χ4n) is 1.92. The van der Waals surface area contributed by atoms with Crippen LogP contribution >= 0.6 is 0 Å². The predicted octanol–water partition coefficient (Wildman–Crippen LogP) is 2.71. The van der Waals surface area contributed by atoms with Crippen molar-refractivity contribution in [2.45, 2.75) is 39.5 Å². The first-order chi connectivity index (χ1) is 7.86. The molecule has 1 aliphatic heterocycles. The molecule has 0 saturated carbocycles. The van der Waals surface area contributed by atoms with Crippen molar-refractivity contribution in [1.29, 1.82) is 0 Å². The lowest BCUT2D eigenvalue weighted by atomic mass is 9.86. The fourth-order valence-corrected chi connectivity index (χ4v) is 1.92. The third kappa shape index (κ3) is 2.54. The van der Waals surface area contributed by atoms with Gasteiger partial charge < -0.3 is 5.32 Å². The molecule has 1 amide bonds. The largest absolute Gasteiger partial charge is 0.314 e. The molecule has 0 bridgehead atoms. The molecular weight excluding hydrogens is 212 g/mol. The summed E-state index contributed by atoms with van der Waals surface area (Å²) in [5.74, 6) is 0.686. The molecule has 3 heteroatoms.